The van der Waals surface area contributed by atoms with Crippen LogP contribution in [0.15, 0.2) is 9.63 Å². The molecular formula is C6H8BrF3N4O2S. The van der Waals surface area contributed by atoms with E-state index in [1.807, 2.05) is 4.72 Å². The van der Waals surface area contributed by atoms with Crippen LogP contribution >= 0.6 is 15.9 Å². The number of nitrogens with zero attached hydrogens (tertiary/aromatic N) is 3. The smallest absolute Gasteiger partial charge is 0.235 e. The van der Waals surface area contributed by atoms with Crippen LogP contribution in [-0.2, 0) is 17.1 Å². The number of nitrogens with one attached hydrogen (secondary N) is 1. The average Bonchev–Trinajstić information content (AvgIpc) is 2.43. The summed E-state index contributed by atoms with van der Waals surface area (Å²) in [5, 5.41) is 6.53. The van der Waals surface area contributed by atoms with Gasteiger partial charge in [0.25, 0.3) is 10.0 Å². The van der Waals surface area contributed by atoms with Crippen molar-refractivity contribution in [1.29, 1.82) is 0 Å². The van der Waals surface area contributed by atoms with Gasteiger partial charge in [0.05, 0.1) is 6.42 Å². The van der Waals surface area contributed by atoms with Crippen LogP contribution in [0.25, 0.3) is 0 Å². The van der Waals surface area contributed by atoms with Crippen molar-refractivity contribution >= 4 is 26.0 Å². The molecule has 1 aromatic rings. The molecule has 0 bridgehead atoms. The zero-order chi connectivity index (χ0) is 13.3. The standard InChI is InChI=1S/C6H8BrF3N4O2S/c1-14-5(4(7)12-13-14)17(15,16)11-3-2-6(8,9)10/h11H,2-3H2,1H3. The van der Waals surface area contributed by atoms with Gasteiger partial charge in [-0.15, -0.1) is 5.10 Å². The highest BCUT2D eigenvalue weighted by molar-refractivity contribution is 9.10. The first-order valence-electron chi connectivity index (χ1n) is 4.25. The van der Waals surface area contributed by atoms with Crippen molar-refractivity contribution in [2.24, 2.45) is 7.05 Å². The summed E-state index contributed by atoms with van der Waals surface area (Å²) in [6.07, 6.45) is -5.65. The lowest BCUT2D eigenvalue weighted by Crippen LogP contribution is -2.29. The Morgan fingerprint density at radius 1 is 1.47 bits per heavy atom. The molecule has 11 heteroatoms. The van der Waals surface area contributed by atoms with Gasteiger partial charge in [-0.3, -0.25) is 0 Å². The van der Waals surface area contributed by atoms with Crippen LogP contribution in [0.5, 0.6) is 0 Å². The molecule has 0 saturated heterocycles. The van der Waals surface area contributed by atoms with Crippen molar-refractivity contribution in [3.8, 4) is 0 Å². The van der Waals surface area contributed by atoms with Crippen molar-refractivity contribution < 1.29 is 21.6 Å². The van der Waals surface area contributed by atoms with Gasteiger partial charge < -0.3 is 0 Å². The van der Waals surface area contributed by atoms with E-state index in [1.165, 1.54) is 7.05 Å². The third kappa shape index (κ3) is 3.92. The van der Waals surface area contributed by atoms with Gasteiger partial charge in [0, 0.05) is 13.6 Å². The Kier molecular flexibility index (Phi) is 4.15. The first-order chi connectivity index (χ1) is 7.63. The lowest BCUT2D eigenvalue weighted by atomic mass is 10.4. The molecule has 0 aliphatic carbocycles. The molecule has 0 fully saturated rings. The van der Waals surface area contributed by atoms with Gasteiger partial charge >= 0.3 is 6.18 Å². The fraction of sp³-hybridized carbons (Fsp3) is 0.667. The maximum atomic E-state index is 11.9. The summed E-state index contributed by atoms with van der Waals surface area (Å²) in [7, 11) is -2.74. The minimum atomic E-state index is -4.41. The summed E-state index contributed by atoms with van der Waals surface area (Å²) in [6, 6.07) is 0. The van der Waals surface area contributed by atoms with Crippen molar-refractivity contribution in [2.75, 3.05) is 6.54 Å². The number of hydrogen-bond donors (Lipinski definition) is 1. The van der Waals surface area contributed by atoms with Crippen molar-refractivity contribution in [1.82, 2.24) is 19.7 Å². The van der Waals surface area contributed by atoms with E-state index in [2.05, 4.69) is 26.2 Å². The monoisotopic (exact) mass is 336 g/mol. The second kappa shape index (κ2) is 4.90. The SMILES string of the molecule is Cn1nnc(Br)c1S(=O)(=O)NCCC(F)(F)F. The largest absolute Gasteiger partial charge is 0.390 e. The van der Waals surface area contributed by atoms with Crippen LogP contribution in [0, 0.1) is 0 Å². The van der Waals surface area contributed by atoms with E-state index >= 15 is 0 Å². The Labute approximate surface area is 103 Å². The Hall–Kier alpha value is -0.680. The molecule has 98 valence electrons. The predicted octanol–water partition coefficient (Wildman–Crippen LogP) is 0.808. The summed E-state index contributed by atoms with van der Waals surface area (Å²) in [6.45, 7) is -0.733. The number of halogens is 4. The van der Waals surface area contributed by atoms with Crippen molar-refractivity contribution in [3.05, 3.63) is 4.60 Å². The molecule has 0 atom stereocenters. The van der Waals surface area contributed by atoms with E-state index in [-0.39, 0.29) is 9.63 Å². The Balaban J connectivity index is 2.77. The number of rotatable bonds is 4. The molecule has 1 aromatic heterocycles. The maximum absolute atomic E-state index is 11.9. The number of alkyl halides is 3. The van der Waals surface area contributed by atoms with Gasteiger partial charge in [-0.05, 0) is 15.9 Å². The van der Waals surface area contributed by atoms with Crippen LogP contribution in [0.2, 0.25) is 0 Å². The molecular weight excluding hydrogens is 329 g/mol. The third-order valence-corrected chi connectivity index (χ3v) is 4.04. The Bertz CT molecular complexity index is 478. The second-order valence-electron chi connectivity index (χ2n) is 3.07. The number of sulfonamides is 1. The molecule has 1 heterocycles. The molecule has 0 unspecified atom stereocenters. The molecule has 1 rings (SSSR count). The molecule has 17 heavy (non-hydrogen) atoms. The van der Waals surface area contributed by atoms with E-state index in [9.17, 15) is 21.6 Å². The molecule has 0 aromatic carbocycles. The quantitative estimate of drug-likeness (QED) is 0.882. The molecule has 0 saturated carbocycles. The van der Waals surface area contributed by atoms with E-state index in [4.69, 9.17) is 0 Å². The van der Waals surface area contributed by atoms with E-state index in [0.29, 0.717) is 0 Å². The van der Waals surface area contributed by atoms with Crippen LogP contribution < -0.4 is 4.72 Å². The summed E-state index contributed by atoms with van der Waals surface area (Å²) < 4.78 is 61.5. The van der Waals surface area contributed by atoms with E-state index in [0.717, 1.165) is 4.68 Å². The average molecular weight is 337 g/mol. The first-order valence-corrected chi connectivity index (χ1v) is 6.53. The minimum Gasteiger partial charge on any atom is -0.235 e. The Morgan fingerprint density at radius 2 is 2.06 bits per heavy atom. The molecule has 0 spiro atoms. The van der Waals surface area contributed by atoms with Crippen LogP contribution in [0.3, 0.4) is 0 Å². The highest BCUT2D eigenvalue weighted by atomic mass is 79.9. The zero-order valence-electron chi connectivity index (χ0n) is 8.49. The van der Waals surface area contributed by atoms with Crippen LogP contribution in [-0.4, -0.2) is 36.1 Å². The third-order valence-electron chi connectivity index (χ3n) is 1.69. The normalized spacial score (nSPS) is 13.0. The topological polar surface area (TPSA) is 76.9 Å². The molecule has 0 radical (unpaired) electrons. The second-order valence-corrected chi connectivity index (χ2v) is 5.51. The summed E-state index contributed by atoms with van der Waals surface area (Å²) in [5.74, 6) is 0. The first kappa shape index (κ1) is 14.4. The van der Waals surface area contributed by atoms with Gasteiger partial charge in [-0.25, -0.2) is 17.8 Å². The summed E-state index contributed by atoms with van der Waals surface area (Å²) in [4.78, 5) is 0. The zero-order valence-corrected chi connectivity index (χ0v) is 10.9. The number of aromatic nitrogens is 3. The molecule has 1 N–H and O–H groups in total. The van der Waals surface area contributed by atoms with Gasteiger partial charge in [-0.2, -0.15) is 13.2 Å². The highest BCUT2D eigenvalue weighted by Gasteiger charge is 2.29. The molecule has 0 aliphatic heterocycles. The Morgan fingerprint density at radius 3 is 2.47 bits per heavy atom. The molecule has 6 nitrogen and oxygen atoms in total. The minimum absolute atomic E-state index is 0.0560. The number of hydrogen-bond acceptors (Lipinski definition) is 4. The number of aryl methyl sites for hydroxylation is 1. The van der Waals surface area contributed by atoms with Crippen LogP contribution in [0.4, 0.5) is 13.2 Å². The van der Waals surface area contributed by atoms with E-state index in [1.54, 1.807) is 0 Å². The van der Waals surface area contributed by atoms with Gasteiger partial charge in [0.2, 0.25) is 5.03 Å². The van der Waals surface area contributed by atoms with Crippen molar-refractivity contribution in [3.63, 3.8) is 0 Å². The van der Waals surface area contributed by atoms with Gasteiger partial charge in [0.1, 0.15) is 0 Å². The van der Waals surface area contributed by atoms with Crippen molar-refractivity contribution in [2.45, 2.75) is 17.6 Å². The molecule has 0 aliphatic rings. The predicted molar refractivity (Wildman–Crippen MR) is 54.6 cm³/mol. The van der Waals surface area contributed by atoms with E-state index < -0.39 is 29.2 Å². The van der Waals surface area contributed by atoms with Gasteiger partial charge in [0.15, 0.2) is 4.60 Å². The fourth-order valence-corrected chi connectivity index (χ4v) is 3.12. The summed E-state index contributed by atoms with van der Waals surface area (Å²) >= 11 is 2.85. The van der Waals surface area contributed by atoms with Gasteiger partial charge in [-0.1, -0.05) is 5.21 Å². The van der Waals surface area contributed by atoms with Crippen LogP contribution in [0.1, 0.15) is 6.42 Å². The lowest BCUT2D eigenvalue weighted by molar-refractivity contribution is -0.132. The highest BCUT2D eigenvalue weighted by Crippen LogP contribution is 2.20. The molecule has 0 amide bonds. The maximum Gasteiger partial charge on any atom is 0.390 e. The lowest BCUT2D eigenvalue weighted by Gasteiger charge is -2.08. The fourth-order valence-electron chi connectivity index (χ4n) is 1.00. The summed E-state index contributed by atoms with van der Waals surface area (Å²) in [5.41, 5.74) is 0.